The Balaban J connectivity index is 1.88. The molecule has 0 unspecified atom stereocenters. The van der Waals surface area contributed by atoms with Crippen LogP contribution in [0.4, 0.5) is 5.69 Å². The van der Waals surface area contributed by atoms with E-state index in [0.29, 0.717) is 28.3 Å². The van der Waals surface area contributed by atoms with Gasteiger partial charge >= 0.3 is 5.97 Å². The monoisotopic (exact) mass is 386 g/mol. The van der Waals surface area contributed by atoms with Crippen LogP contribution in [0.15, 0.2) is 64.6 Å². The molecule has 0 spiro atoms. The Kier molecular flexibility index (Phi) is 5.61. The molecule has 6 nitrogen and oxygen atoms in total. The summed E-state index contributed by atoms with van der Waals surface area (Å²) in [5.41, 5.74) is 2.79. The second-order valence-electron chi connectivity index (χ2n) is 6.42. The van der Waals surface area contributed by atoms with Crippen molar-refractivity contribution in [2.24, 2.45) is 0 Å². The molecule has 1 aromatic heterocycles. The highest BCUT2D eigenvalue weighted by Crippen LogP contribution is 2.28. The summed E-state index contributed by atoms with van der Waals surface area (Å²) in [4.78, 5) is 23.8. The molecule has 0 radical (unpaired) electrons. The minimum atomic E-state index is -1.02. The highest BCUT2D eigenvalue weighted by atomic mass is 16.4. The number of rotatable bonds is 5. The summed E-state index contributed by atoms with van der Waals surface area (Å²) in [6.45, 7) is 3.56. The number of furan rings is 1. The fourth-order valence-corrected chi connectivity index (χ4v) is 2.90. The van der Waals surface area contributed by atoms with E-state index in [4.69, 9.17) is 4.42 Å². The third kappa shape index (κ3) is 4.25. The van der Waals surface area contributed by atoms with Gasteiger partial charge in [0.2, 0.25) is 0 Å². The lowest BCUT2D eigenvalue weighted by atomic mass is 10.0. The number of carboxylic acid groups (broad SMARTS) is 1. The lowest BCUT2D eigenvalue weighted by molar-refractivity contribution is -0.112. The van der Waals surface area contributed by atoms with Gasteiger partial charge < -0.3 is 14.8 Å². The fraction of sp³-hybridized carbons (Fsp3) is 0.0870. The van der Waals surface area contributed by atoms with E-state index >= 15 is 0 Å². The van der Waals surface area contributed by atoms with E-state index in [1.165, 1.54) is 12.1 Å². The molecule has 1 amide bonds. The predicted octanol–water partition coefficient (Wildman–Crippen LogP) is 4.81. The molecule has 144 valence electrons. The van der Waals surface area contributed by atoms with Crippen molar-refractivity contribution in [1.29, 1.82) is 5.26 Å². The third-order valence-corrected chi connectivity index (χ3v) is 4.50. The normalized spacial score (nSPS) is 11.0. The molecule has 0 saturated heterocycles. The van der Waals surface area contributed by atoms with E-state index in [9.17, 15) is 20.0 Å². The first-order valence-corrected chi connectivity index (χ1v) is 8.82. The van der Waals surface area contributed by atoms with Gasteiger partial charge in [0.15, 0.2) is 0 Å². The van der Waals surface area contributed by atoms with Gasteiger partial charge in [-0.05, 0) is 49.2 Å². The second kappa shape index (κ2) is 8.28. The van der Waals surface area contributed by atoms with Gasteiger partial charge in [-0.15, -0.1) is 0 Å². The van der Waals surface area contributed by atoms with Gasteiger partial charge in [0.1, 0.15) is 23.2 Å². The first-order chi connectivity index (χ1) is 13.9. The Morgan fingerprint density at radius 2 is 1.83 bits per heavy atom. The molecule has 2 aromatic carbocycles. The molecule has 0 aliphatic rings. The smallest absolute Gasteiger partial charge is 0.335 e. The number of hydrogen-bond acceptors (Lipinski definition) is 4. The van der Waals surface area contributed by atoms with Gasteiger partial charge in [-0.1, -0.05) is 30.3 Å². The SMILES string of the molecule is Cc1ccccc1NC(=O)C(C#N)=Cc1ccc(-c2cccc(C(=O)O)c2C)o1. The van der Waals surface area contributed by atoms with E-state index in [2.05, 4.69) is 5.32 Å². The lowest BCUT2D eigenvalue weighted by Crippen LogP contribution is -2.14. The lowest BCUT2D eigenvalue weighted by Gasteiger charge is -2.07. The van der Waals surface area contributed by atoms with Crippen molar-refractivity contribution in [3.8, 4) is 17.4 Å². The van der Waals surface area contributed by atoms with Gasteiger partial charge in [0.25, 0.3) is 5.91 Å². The number of para-hydroxylation sites is 1. The van der Waals surface area contributed by atoms with Crippen LogP contribution >= 0.6 is 0 Å². The van der Waals surface area contributed by atoms with Crippen molar-refractivity contribution >= 4 is 23.6 Å². The predicted molar refractivity (Wildman–Crippen MR) is 109 cm³/mol. The summed E-state index contributed by atoms with van der Waals surface area (Å²) >= 11 is 0. The number of hydrogen-bond donors (Lipinski definition) is 2. The summed E-state index contributed by atoms with van der Waals surface area (Å²) in [6, 6.07) is 17.4. The van der Waals surface area contributed by atoms with Gasteiger partial charge in [-0.3, -0.25) is 4.79 Å². The van der Waals surface area contributed by atoms with Gasteiger partial charge in [-0.2, -0.15) is 5.26 Å². The second-order valence-corrected chi connectivity index (χ2v) is 6.42. The number of nitrogens with one attached hydrogen (secondary N) is 1. The Labute approximate surface area is 167 Å². The maximum Gasteiger partial charge on any atom is 0.335 e. The molecule has 6 heteroatoms. The molecule has 2 N–H and O–H groups in total. The number of amides is 1. The molecule has 0 saturated carbocycles. The average Bonchev–Trinajstić information content (AvgIpc) is 3.16. The summed E-state index contributed by atoms with van der Waals surface area (Å²) in [5, 5.41) is 21.4. The number of carbonyl (C=O) groups excluding carboxylic acids is 1. The van der Waals surface area contributed by atoms with Gasteiger partial charge in [0.05, 0.1) is 5.56 Å². The summed E-state index contributed by atoms with van der Waals surface area (Å²) in [5.74, 6) is -0.787. The standard InChI is InChI=1S/C23H18N2O4/c1-14-6-3-4-9-20(14)25-22(26)16(13-24)12-17-10-11-21(29-17)18-7-5-8-19(15(18)2)23(27)28/h3-12H,1-2H3,(H,25,26)(H,27,28). The van der Waals surface area contributed by atoms with Crippen molar-refractivity contribution in [3.05, 3.63) is 82.6 Å². The Morgan fingerprint density at radius 1 is 1.07 bits per heavy atom. The van der Waals surface area contributed by atoms with Gasteiger partial charge in [-0.25, -0.2) is 4.79 Å². The topological polar surface area (TPSA) is 103 Å². The van der Waals surface area contributed by atoms with Crippen molar-refractivity contribution in [2.45, 2.75) is 13.8 Å². The first-order valence-electron chi connectivity index (χ1n) is 8.82. The van der Waals surface area contributed by atoms with E-state index < -0.39 is 11.9 Å². The number of nitriles is 1. The van der Waals surface area contributed by atoms with Crippen molar-refractivity contribution in [1.82, 2.24) is 0 Å². The molecular formula is C23H18N2O4. The number of anilines is 1. The average molecular weight is 386 g/mol. The minimum absolute atomic E-state index is 0.106. The zero-order valence-electron chi connectivity index (χ0n) is 15.9. The maximum atomic E-state index is 12.4. The zero-order valence-corrected chi connectivity index (χ0v) is 15.9. The van der Waals surface area contributed by atoms with E-state index in [0.717, 1.165) is 5.56 Å². The fourth-order valence-electron chi connectivity index (χ4n) is 2.90. The summed E-state index contributed by atoms with van der Waals surface area (Å²) < 4.78 is 5.74. The van der Waals surface area contributed by atoms with E-state index in [-0.39, 0.29) is 11.1 Å². The van der Waals surface area contributed by atoms with Crippen molar-refractivity contribution in [2.75, 3.05) is 5.32 Å². The number of aromatic carboxylic acids is 1. The molecule has 0 aliphatic carbocycles. The molecule has 0 aliphatic heterocycles. The highest BCUT2D eigenvalue weighted by molar-refractivity contribution is 6.09. The Morgan fingerprint density at radius 3 is 2.52 bits per heavy atom. The minimum Gasteiger partial charge on any atom is -0.478 e. The number of benzene rings is 2. The van der Waals surface area contributed by atoms with Crippen LogP contribution in [-0.2, 0) is 4.79 Å². The molecule has 1 heterocycles. The van der Waals surface area contributed by atoms with Crippen LogP contribution in [0.5, 0.6) is 0 Å². The van der Waals surface area contributed by atoms with Crippen LogP contribution < -0.4 is 5.32 Å². The van der Waals surface area contributed by atoms with Crippen LogP contribution in [0.1, 0.15) is 27.2 Å². The summed E-state index contributed by atoms with van der Waals surface area (Å²) in [7, 11) is 0. The third-order valence-electron chi connectivity index (χ3n) is 4.50. The number of aryl methyl sites for hydroxylation is 1. The molecule has 0 bridgehead atoms. The molecular weight excluding hydrogens is 368 g/mol. The maximum absolute atomic E-state index is 12.4. The number of nitrogens with zero attached hydrogens (tertiary/aromatic N) is 1. The van der Waals surface area contributed by atoms with Crippen LogP contribution in [0, 0.1) is 25.2 Å². The summed E-state index contributed by atoms with van der Waals surface area (Å²) in [6.07, 6.45) is 1.35. The molecule has 0 atom stereocenters. The quantitative estimate of drug-likeness (QED) is 0.484. The first kappa shape index (κ1) is 19.6. The largest absolute Gasteiger partial charge is 0.478 e. The van der Waals surface area contributed by atoms with Crippen LogP contribution in [0.3, 0.4) is 0 Å². The van der Waals surface area contributed by atoms with Crippen molar-refractivity contribution in [3.63, 3.8) is 0 Å². The Hall–Kier alpha value is -4.11. The van der Waals surface area contributed by atoms with Crippen LogP contribution in [0.25, 0.3) is 17.4 Å². The molecule has 29 heavy (non-hydrogen) atoms. The number of carbonyl (C=O) groups is 2. The van der Waals surface area contributed by atoms with E-state index in [1.54, 1.807) is 43.3 Å². The zero-order chi connectivity index (χ0) is 21.0. The van der Waals surface area contributed by atoms with Gasteiger partial charge in [0, 0.05) is 17.3 Å². The molecule has 3 rings (SSSR count). The van der Waals surface area contributed by atoms with E-state index in [1.807, 2.05) is 25.1 Å². The van der Waals surface area contributed by atoms with Crippen LogP contribution in [0.2, 0.25) is 0 Å². The van der Waals surface area contributed by atoms with Crippen LogP contribution in [-0.4, -0.2) is 17.0 Å². The molecule has 3 aromatic rings. The highest BCUT2D eigenvalue weighted by Gasteiger charge is 2.15. The van der Waals surface area contributed by atoms with Crippen molar-refractivity contribution < 1.29 is 19.1 Å². The Bertz CT molecular complexity index is 1170. The number of carboxylic acids is 1. The molecule has 0 fully saturated rings.